The first-order chi connectivity index (χ1) is 8.49. The quantitative estimate of drug-likeness (QED) is 0.911. The Morgan fingerprint density at radius 2 is 2.11 bits per heavy atom. The summed E-state index contributed by atoms with van der Waals surface area (Å²) in [7, 11) is 1.85. The maximum atomic E-state index is 12.5. The van der Waals surface area contributed by atoms with Crippen molar-refractivity contribution < 1.29 is 8.78 Å². The van der Waals surface area contributed by atoms with E-state index >= 15 is 0 Å². The molecular formula is C11H15F2N5. The van der Waals surface area contributed by atoms with Crippen molar-refractivity contribution in [3.05, 3.63) is 29.3 Å². The Balaban J connectivity index is 2.11. The number of aryl methyl sites for hydroxylation is 3. The molecule has 0 aliphatic carbocycles. The van der Waals surface area contributed by atoms with Crippen molar-refractivity contribution in [2.45, 2.75) is 26.9 Å². The minimum absolute atomic E-state index is 0.526. The van der Waals surface area contributed by atoms with Gasteiger partial charge < -0.3 is 5.32 Å². The smallest absolute Gasteiger partial charge is 0.333 e. The average Bonchev–Trinajstić information content (AvgIpc) is 2.82. The summed E-state index contributed by atoms with van der Waals surface area (Å²) in [6.45, 7) is 1.56. The Hall–Kier alpha value is -1.92. The highest BCUT2D eigenvalue weighted by atomic mass is 19.3. The molecular weight excluding hydrogens is 240 g/mol. The molecule has 0 saturated heterocycles. The fourth-order valence-electron chi connectivity index (χ4n) is 1.76. The molecule has 2 aromatic rings. The monoisotopic (exact) mass is 255 g/mol. The summed E-state index contributed by atoms with van der Waals surface area (Å²) in [6.07, 6.45) is 3.08. The molecule has 2 heterocycles. The Kier molecular flexibility index (Phi) is 3.31. The highest BCUT2D eigenvalue weighted by Gasteiger charge is 2.12. The van der Waals surface area contributed by atoms with Crippen LogP contribution in [0, 0.1) is 13.8 Å². The van der Waals surface area contributed by atoms with Gasteiger partial charge in [0, 0.05) is 7.05 Å². The Bertz CT molecular complexity index is 524. The van der Waals surface area contributed by atoms with Crippen molar-refractivity contribution in [2.24, 2.45) is 7.05 Å². The van der Waals surface area contributed by atoms with E-state index < -0.39 is 6.55 Å². The van der Waals surface area contributed by atoms with Crippen molar-refractivity contribution in [2.75, 3.05) is 5.32 Å². The molecule has 0 spiro atoms. The van der Waals surface area contributed by atoms with Crippen LogP contribution in [-0.4, -0.2) is 19.6 Å². The van der Waals surface area contributed by atoms with Crippen LogP contribution < -0.4 is 5.32 Å². The zero-order chi connectivity index (χ0) is 13.3. The van der Waals surface area contributed by atoms with Gasteiger partial charge in [-0.05, 0) is 19.4 Å². The third-order valence-electron chi connectivity index (χ3n) is 2.83. The van der Waals surface area contributed by atoms with Crippen LogP contribution in [0.4, 0.5) is 14.5 Å². The van der Waals surface area contributed by atoms with Crippen molar-refractivity contribution in [1.82, 2.24) is 19.6 Å². The van der Waals surface area contributed by atoms with Gasteiger partial charge in [0.15, 0.2) is 0 Å². The fourth-order valence-corrected chi connectivity index (χ4v) is 1.76. The number of halogens is 2. The van der Waals surface area contributed by atoms with Crippen LogP contribution in [-0.2, 0) is 13.6 Å². The lowest BCUT2D eigenvalue weighted by Gasteiger charge is -2.06. The molecule has 0 aromatic carbocycles. The molecule has 2 aromatic heterocycles. The summed E-state index contributed by atoms with van der Waals surface area (Å²) in [6, 6.07) is 0. The number of alkyl halides is 2. The minimum Gasteiger partial charge on any atom is -0.377 e. The summed E-state index contributed by atoms with van der Waals surface area (Å²) in [5.74, 6) is 0. The number of nitrogens with zero attached hydrogens (tertiary/aromatic N) is 4. The van der Waals surface area contributed by atoms with Gasteiger partial charge in [-0.15, -0.1) is 0 Å². The van der Waals surface area contributed by atoms with Gasteiger partial charge in [-0.1, -0.05) is 0 Å². The van der Waals surface area contributed by atoms with Gasteiger partial charge >= 0.3 is 6.55 Å². The third kappa shape index (κ3) is 2.34. The number of hydrogen-bond acceptors (Lipinski definition) is 3. The van der Waals surface area contributed by atoms with Crippen molar-refractivity contribution in [3.63, 3.8) is 0 Å². The molecule has 0 unspecified atom stereocenters. The summed E-state index contributed by atoms with van der Waals surface area (Å²) in [5.41, 5.74) is 3.23. The van der Waals surface area contributed by atoms with Gasteiger partial charge in [0.1, 0.15) is 0 Å². The standard InChI is InChI=1S/C11H15F2N5/c1-7-4-15-17(3)10(7)5-14-9-6-18(11(12)13)16-8(9)2/h4,6,11,14H,5H2,1-3H3. The summed E-state index contributed by atoms with van der Waals surface area (Å²) in [5, 5.41) is 11.0. The number of aromatic nitrogens is 4. The van der Waals surface area contributed by atoms with Crippen LogP contribution in [0.15, 0.2) is 12.4 Å². The minimum atomic E-state index is -2.61. The second kappa shape index (κ2) is 4.75. The highest BCUT2D eigenvalue weighted by molar-refractivity contribution is 5.46. The van der Waals surface area contributed by atoms with E-state index in [-0.39, 0.29) is 0 Å². The summed E-state index contributed by atoms with van der Waals surface area (Å²) >= 11 is 0. The molecule has 5 nitrogen and oxygen atoms in total. The number of hydrogen-bond donors (Lipinski definition) is 1. The van der Waals surface area contributed by atoms with Gasteiger partial charge in [0.05, 0.1) is 36.0 Å². The normalized spacial score (nSPS) is 11.2. The Morgan fingerprint density at radius 3 is 2.61 bits per heavy atom. The van der Waals surface area contributed by atoms with Crippen molar-refractivity contribution in [3.8, 4) is 0 Å². The molecule has 0 fully saturated rings. The molecule has 0 atom stereocenters. The van der Waals surface area contributed by atoms with Crippen LogP contribution in [0.3, 0.4) is 0 Å². The lowest BCUT2D eigenvalue weighted by molar-refractivity contribution is 0.0563. The molecule has 0 aliphatic heterocycles. The van der Waals surface area contributed by atoms with Gasteiger partial charge in [-0.3, -0.25) is 4.68 Å². The molecule has 18 heavy (non-hydrogen) atoms. The zero-order valence-electron chi connectivity index (χ0n) is 10.5. The van der Waals surface area contributed by atoms with Crippen LogP contribution in [0.5, 0.6) is 0 Å². The average molecular weight is 255 g/mol. The van der Waals surface area contributed by atoms with Gasteiger partial charge in [-0.2, -0.15) is 19.0 Å². The maximum absolute atomic E-state index is 12.5. The molecule has 1 N–H and O–H groups in total. The molecule has 0 saturated carbocycles. The van der Waals surface area contributed by atoms with Gasteiger partial charge in [0.25, 0.3) is 0 Å². The van der Waals surface area contributed by atoms with Crippen molar-refractivity contribution >= 4 is 5.69 Å². The van der Waals surface area contributed by atoms with E-state index in [1.54, 1.807) is 17.8 Å². The van der Waals surface area contributed by atoms with E-state index in [4.69, 9.17) is 0 Å². The lowest BCUT2D eigenvalue weighted by Crippen LogP contribution is -2.06. The molecule has 2 rings (SSSR count). The molecule has 0 radical (unpaired) electrons. The lowest BCUT2D eigenvalue weighted by atomic mass is 10.2. The third-order valence-corrected chi connectivity index (χ3v) is 2.83. The Morgan fingerprint density at radius 1 is 1.39 bits per heavy atom. The van der Waals surface area contributed by atoms with Gasteiger partial charge in [-0.25, -0.2) is 4.68 Å². The molecule has 7 heteroatoms. The van der Waals surface area contributed by atoms with Crippen molar-refractivity contribution in [1.29, 1.82) is 0 Å². The second-order valence-corrected chi connectivity index (χ2v) is 4.14. The molecule has 0 aliphatic rings. The van der Waals surface area contributed by atoms with Gasteiger partial charge in [0.2, 0.25) is 0 Å². The molecule has 0 bridgehead atoms. The van der Waals surface area contributed by atoms with E-state index in [9.17, 15) is 8.78 Å². The zero-order valence-corrected chi connectivity index (χ0v) is 10.5. The molecule has 0 amide bonds. The highest BCUT2D eigenvalue weighted by Crippen LogP contribution is 2.18. The van der Waals surface area contributed by atoms with E-state index in [0.29, 0.717) is 22.6 Å². The first kappa shape index (κ1) is 12.5. The fraction of sp³-hybridized carbons (Fsp3) is 0.455. The first-order valence-electron chi connectivity index (χ1n) is 5.54. The molecule has 98 valence electrons. The summed E-state index contributed by atoms with van der Waals surface area (Å²) < 4.78 is 27.3. The number of rotatable bonds is 4. The van der Waals surface area contributed by atoms with Crippen LogP contribution in [0.2, 0.25) is 0 Å². The SMILES string of the molecule is Cc1cnn(C)c1CNc1cn(C(F)F)nc1C. The largest absolute Gasteiger partial charge is 0.377 e. The van der Waals surface area contributed by atoms with E-state index in [2.05, 4.69) is 15.5 Å². The number of nitrogens with one attached hydrogen (secondary N) is 1. The topological polar surface area (TPSA) is 47.7 Å². The maximum Gasteiger partial charge on any atom is 0.333 e. The van der Waals surface area contributed by atoms with E-state index in [0.717, 1.165) is 11.3 Å². The van der Waals surface area contributed by atoms with Crippen LogP contribution in [0.1, 0.15) is 23.5 Å². The van der Waals surface area contributed by atoms with Crippen LogP contribution in [0.25, 0.3) is 0 Å². The predicted molar refractivity (Wildman–Crippen MR) is 63.5 cm³/mol. The predicted octanol–water partition coefficient (Wildman–Crippen LogP) is 2.24. The Labute approximate surface area is 103 Å². The number of anilines is 1. The second-order valence-electron chi connectivity index (χ2n) is 4.14. The van der Waals surface area contributed by atoms with Crippen LogP contribution >= 0.6 is 0 Å². The van der Waals surface area contributed by atoms with E-state index in [1.165, 1.54) is 6.20 Å². The first-order valence-corrected chi connectivity index (χ1v) is 5.54. The van der Waals surface area contributed by atoms with E-state index in [1.807, 2.05) is 14.0 Å². The summed E-state index contributed by atoms with van der Waals surface area (Å²) in [4.78, 5) is 0.